The van der Waals surface area contributed by atoms with E-state index in [0.29, 0.717) is 6.04 Å². The zero-order valence-electron chi connectivity index (χ0n) is 11.3. The largest absolute Gasteiger partial charge is 0.315 e. The Morgan fingerprint density at radius 3 is 2.33 bits per heavy atom. The van der Waals surface area contributed by atoms with Crippen molar-refractivity contribution in [1.29, 1.82) is 0 Å². The highest BCUT2D eigenvalue weighted by Gasteiger charge is 2.07. The molecular weight excluding hydrogens is 184 g/mol. The van der Waals surface area contributed by atoms with Crippen molar-refractivity contribution in [3.8, 4) is 0 Å². The summed E-state index contributed by atoms with van der Waals surface area (Å²) >= 11 is 0. The van der Waals surface area contributed by atoms with E-state index in [1.54, 1.807) is 0 Å². The summed E-state index contributed by atoms with van der Waals surface area (Å²) in [6, 6.07) is 1.35. The third kappa shape index (κ3) is 8.88. The highest BCUT2D eigenvalue weighted by Crippen LogP contribution is 2.05. The second-order valence-electron chi connectivity index (χ2n) is 4.93. The molecular formula is C13H30N2. The van der Waals surface area contributed by atoms with Gasteiger partial charge in [0.1, 0.15) is 0 Å². The smallest absolute Gasteiger partial charge is 0.00643 e. The molecule has 0 aromatic heterocycles. The van der Waals surface area contributed by atoms with Crippen LogP contribution in [0, 0.1) is 0 Å². The van der Waals surface area contributed by atoms with E-state index in [2.05, 4.69) is 45.0 Å². The van der Waals surface area contributed by atoms with E-state index in [-0.39, 0.29) is 0 Å². The fraction of sp³-hybridized carbons (Fsp3) is 1.00. The Balaban J connectivity index is 3.42. The van der Waals surface area contributed by atoms with Crippen molar-refractivity contribution in [3.05, 3.63) is 0 Å². The van der Waals surface area contributed by atoms with Gasteiger partial charge in [0.2, 0.25) is 0 Å². The highest BCUT2D eigenvalue weighted by molar-refractivity contribution is 4.64. The number of nitrogens with zero attached hydrogens (tertiary/aromatic N) is 1. The first kappa shape index (κ1) is 14.9. The van der Waals surface area contributed by atoms with Gasteiger partial charge in [-0.2, -0.15) is 0 Å². The predicted octanol–water partition coefficient (Wildman–Crippen LogP) is 2.89. The quantitative estimate of drug-likeness (QED) is 0.594. The van der Waals surface area contributed by atoms with Gasteiger partial charge in [0.25, 0.3) is 0 Å². The van der Waals surface area contributed by atoms with Crippen LogP contribution in [0.15, 0.2) is 0 Å². The van der Waals surface area contributed by atoms with Crippen molar-refractivity contribution in [2.75, 3.05) is 20.1 Å². The lowest BCUT2D eigenvalue weighted by Gasteiger charge is -2.24. The van der Waals surface area contributed by atoms with Crippen LogP contribution >= 0.6 is 0 Å². The van der Waals surface area contributed by atoms with Gasteiger partial charge in [0, 0.05) is 12.1 Å². The van der Waals surface area contributed by atoms with Crippen LogP contribution in [-0.2, 0) is 0 Å². The highest BCUT2D eigenvalue weighted by atomic mass is 15.1. The lowest BCUT2D eigenvalue weighted by atomic mass is 10.1. The van der Waals surface area contributed by atoms with Crippen molar-refractivity contribution in [2.45, 2.75) is 65.5 Å². The molecule has 0 rings (SSSR count). The normalized spacial score (nSPS) is 13.8. The first-order valence-electron chi connectivity index (χ1n) is 6.51. The minimum absolute atomic E-state index is 0.623. The minimum atomic E-state index is 0.623. The summed E-state index contributed by atoms with van der Waals surface area (Å²) in [7, 11) is 2.25. The van der Waals surface area contributed by atoms with Gasteiger partial charge < -0.3 is 10.2 Å². The van der Waals surface area contributed by atoms with Crippen LogP contribution < -0.4 is 5.32 Å². The summed E-state index contributed by atoms with van der Waals surface area (Å²) in [5.41, 5.74) is 0. The molecule has 0 aliphatic rings. The Kier molecular flexibility index (Phi) is 9.12. The molecule has 15 heavy (non-hydrogen) atoms. The zero-order chi connectivity index (χ0) is 11.7. The summed E-state index contributed by atoms with van der Waals surface area (Å²) in [6.45, 7) is 11.4. The summed E-state index contributed by atoms with van der Waals surface area (Å²) in [5.74, 6) is 0. The molecule has 92 valence electrons. The van der Waals surface area contributed by atoms with Crippen LogP contribution in [0.4, 0.5) is 0 Å². The Hall–Kier alpha value is -0.0800. The second kappa shape index (κ2) is 9.17. The first-order valence-corrected chi connectivity index (χ1v) is 6.51. The van der Waals surface area contributed by atoms with Gasteiger partial charge in [-0.3, -0.25) is 0 Å². The van der Waals surface area contributed by atoms with Gasteiger partial charge in [0.05, 0.1) is 0 Å². The van der Waals surface area contributed by atoms with Crippen LogP contribution in [-0.4, -0.2) is 37.1 Å². The van der Waals surface area contributed by atoms with Gasteiger partial charge in [0.15, 0.2) is 0 Å². The van der Waals surface area contributed by atoms with Crippen molar-refractivity contribution >= 4 is 0 Å². The average molecular weight is 214 g/mol. The monoisotopic (exact) mass is 214 g/mol. The van der Waals surface area contributed by atoms with Crippen LogP contribution in [0.5, 0.6) is 0 Å². The molecule has 0 radical (unpaired) electrons. The van der Waals surface area contributed by atoms with E-state index in [0.717, 1.165) is 12.6 Å². The topological polar surface area (TPSA) is 15.3 Å². The van der Waals surface area contributed by atoms with E-state index < -0.39 is 0 Å². The maximum absolute atomic E-state index is 3.46. The number of unbranched alkanes of at least 4 members (excludes halogenated alkanes) is 1. The Morgan fingerprint density at radius 2 is 1.80 bits per heavy atom. The molecule has 0 amide bonds. The van der Waals surface area contributed by atoms with E-state index in [9.17, 15) is 0 Å². The average Bonchev–Trinajstić information content (AvgIpc) is 2.20. The van der Waals surface area contributed by atoms with Crippen molar-refractivity contribution in [2.24, 2.45) is 0 Å². The van der Waals surface area contributed by atoms with Gasteiger partial charge in [-0.1, -0.05) is 27.2 Å². The number of hydrogen-bond donors (Lipinski definition) is 1. The summed E-state index contributed by atoms with van der Waals surface area (Å²) < 4.78 is 0. The molecule has 0 spiro atoms. The fourth-order valence-corrected chi connectivity index (χ4v) is 1.64. The molecule has 0 heterocycles. The van der Waals surface area contributed by atoms with E-state index in [4.69, 9.17) is 0 Å². The molecule has 1 unspecified atom stereocenters. The molecule has 1 N–H and O–H groups in total. The molecule has 0 saturated carbocycles. The van der Waals surface area contributed by atoms with Gasteiger partial charge in [-0.05, 0) is 46.3 Å². The molecule has 2 heteroatoms. The molecule has 0 fully saturated rings. The Labute approximate surface area is 96.4 Å². The summed E-state index contributed by atoms with van der Waals surface area (Å²) in [6.07, 6.45) is 5.22. The fourth-order valence-electron chi connectivity index (χ4n) is 1.64. The van der Waals surface area contributed by atoms with Crippen LogP contribution in [0.1, 0.15) is 53.4 Å². The van der Waals surface area contributed by atoms with E-state index >= 15 is 0 Å². The Morgan fingerprint density at radius 1 is 1.13 bits per heavy atom. The van der Waals surface area contributed by atoms with Crippen molar-refractivity contribution in [1.82, 2.24) is 10.2 Å². The Bertz CT molecular complexity index is 134. The maximum Gasteiger partial charge on any atom is 0.00643 e. The first-order chi connectivity index (χ1) is 7.07. The van der Waals surface area contributed by atoms with E-state index in [1.807, 2.05) is 0 Å². The van der Waals surface area contributed by atoms with Gasteiger partial charge >= 0.3 is 0 Å². The van der Waals surface area contributed by atoms with Crippen LogP contribution in [0.25, 0.3) is 0 Å². The number of nitrogens with one attached hydrogen (secondary N) is 1. The molecule has 0 aromatic rings. The number of rotatable bonds is 9. The molecule has 0 aliphatic carbocycles. The molecule has 0 bridgehead atoms. The second-order valence-corrected chi connectivity index (χ2v) is 4.93. The number of hydrogen-bond acceptors (Lipinski definition) is 2. The molecule has 0 aliphatic heterocycles. The summed E-state index contributed by atoms with van der Waals surface area (Å²) in [4.78, 5) is 2.48. The van der Waals surface area contributed by atoms with Crippen LogP contribution in [0.3, 0.4) is 0 Å². The molecule has 2 nitrogen and oxygen atoms in total. The molecule has 0 saturated heterocycles. The lowest BCUT2D eigenvalue weighted by molar-refractivity contribution is 0.238. The van der Waals surface area contributed by atoms with Crippen molar-refractivity contribution in [3.63, 3.8) is 0 Å². The van der Waals surface area contributed by atoms with Gasteiger partial charge in [-0.25, -0.2) is 0 Å². The van der Waals surface area contributed by atoms with E-state index in [1.165, 1.54) is 32.2 Å². The van der Waals surface area contributed by atoms with Crippen LogP contribution in [0.2, 0.25) is 0 Å². The van der Waals surface area contributed by atoms with Gasteiger partial charge in [-0.15, -0.1) is 0 Å². The lowest BCUT2D eigenvalue weighted by Crippen LogP contribution is -2.31. The summed E-state index contributed by atoms with van der Waals surface area (Å²) in [5, 5.41) is 3.46. The molecule has 1 atom stereocenters. The molecule has 0 aromatic carbocycles. The predicted molar refractivity (Wildman–Crippen MR) is 69.4 cm³/mol. The minimum Gasteiger partial charge on any atom is -0.315 e. The maximum atomic E-state index is 3.46. The third-order valence-electron chi connectivity index (χ3n) is 2.97. The third-order valence-corrected chi connectivity index (χ3v) is 2.97. The standard InChI is InChI=1S/C13H30N2/c1-6-7-11-15(5)13(4)9-8-10-14-12(2)3/h12-14H,6-11H2,1-5H3. The SMILES string of the molecule is CCCCN(C)C(C)CCCNC(C)C. The zero-order valence-corrected chi connectivity index (χ0v) is 11.3. The van der Waals surface area contributed by atoms with Crippen molar-refractivity contribution < 1.29 is 0 Å².